The molecule has 0 aliphatic rings. The van der Waals surface area contributed by atoms with Gasteiger partial charge in [0.2, 0.25) is 0 Å². The van der Waals surface area contributed by atoms with Gasteiger partial charge in [0.25, 0.3) is 0 Å². The van der Waals surface area contributed by atoms with Crippen molar-refractivity contribution in [1.29, 1.82) is 0 Å². The summed E-state index contributed by atoms with van der Waals surface area (Å²) in [5, 5.41) is 0. The van der Waals surface area contributed by atoms with Crippen LogP contribution in [0.5, 0.6) is 0 Å². The molecule has 0 radical (unpaired) electrons. The summed E-state index contributed by atoms with van der Waals surface area (Å²) in [5.41, 5.74) is 2.81. The standard InChI is InChI=1S/C14H23N/c1-5-15(4)11-10-13(3)14-8-6-12(2)7-9-14/h6-9,13H,5,10-11H2,1-4H3. The third-order valence-electron chi connectivity index (χ3n) is 3.13. The van der Waals surface area contributed by atoms with Crippen LogP contribution in [0.3, 0.4) is 0 Å². The maximum atomic E-state index is 2.37. The van der Waals surface area contributed by atoms with Crippen molar-refractivity contribution in [2.75, 3.05) is 20.1 Å². The zero-order valence-corrected chi connectivity index (χ0v) is 10.5. The molecule has 1 nitrogen and oxygen atoms in total. The molecule has 0 aliphatic heterocycles. The number of benzene rings is 1. The zero-order chi connectivity index (χ0) is 11.3. The van der Waals surface area contributed by atoms with Crippen LogP contribution in [0, 0.1) is 6.92 Å². The van der Waals surface area contributed by atoms with Gasteiger partial charge in [-0.25, -0.2) is 0 Å². The lowest BCUT2D eigenvalue weighted by atomic mass is 9.97. The summed E-state index contributed by atoms with van der Waals surface area (Å²) in [5.74, 6) is 0.666. The number of hydrogen-bond acceptors (Lipinski definition) is 1. The summed E-state index contributed by atoms with van der Waals surface area (Å²) < 4.78 is 0. The molecule has 0 fully saturated rings. The molecular weight excluding hydrogens is 182 g/mol. The van der Waals surface area contributed by atoms with Crippen LogP contribution in [-0.4, -0.2) is 25.0 Å². The van der Waals surface area contributed by atoms with Gasteiger partial charge in [-0.3, -0.25) is 0 Å². The zero-order valence-electron chi connectivity index (χ0n) is 10.5. The first-order valence-electron chi connectivity index (χ1n) is 5.88. The Morgan fingerprint density at radius 1 is 1.20 bits per heavy atom. The Bertz CT molecular complexity index is 276. The van der Waals surface area contributed by atoms with Crippen LogP contribution < -0.4 is 0 Å². The molecule has 1 aromatic rings. The van der Waals surface area contributed by atoms with E-state index in [2.05, 4.69) is 57.0 Å². The quantitative estimate of drug-likeness (QED) is 0.711. The van der Waals surface area contributed by atoms with Gasteiger partial charge in [0.15, 0.2) is 0 Å². The van der Waals surface area contributed by atoms with Crippen LogP contribution >= 0.6 is 0 Å². The van der Waals surface area contributed by atoms with Crippen molar-refractivity contribution >= 4 is 0 Å². The lowest BCUT2D eigenvalue weighted by Gasteiger charge is -2.17. The van der Waals surface area contributed by atoms with Crippen molar-refractivity contribution in [3.05, 3.63) is 35.4 Å². The van der Waals surface area contributed by atoms with Crippen LogP contribution in [-0.2, 0) is 0 Å². The summed E-state index contributed by atoms with van der Waals surface area (Å²) >= 11 is 0. The molecule has 0 saturated heterocycles. The molecule has 0 saturated carbocycles. The second-order valence-corrected chi connectivity index (χ2v) is 4.50. The van der Waals surface area contributed by atoms with E-state index in [1.54, 1.807) is 0 Å². The molecular formula is C14H23N. The van der Waals surface area contributed by atoms with Crippen molar-refractivity contribution in [3.8, 4) is 0 Å². The average molecular weight is 205 g/mol. The monoisotopic (exact) mass is 205 g/mol. The van der Waals surface area contributed by atoms with Crippen molar-refractivity contribution in [3.63, 3.8) is 0 Å². The first kappa shape index (κ1) is 12.3. The molecule has 0 N–H and O–H groups in total. The largest absolute Gasteiger partial charge is 0.307 e. The minimum absolute atomic E-state index is 0.666. The summed E-state index contributed by atoms with van der Waals surface area (Å²) in [6.07, 6.45) is 1.24. The van der Waals surface area contributed by atoms with Gasteiger partial charge in [0.05, 0.1) is 0 Å². The Kier molecular flexibility index (Phi) is 4.83. The van der Waals surface area contributed by atoms with Gasteiger partial charge in [-0.05, 0) is 45.0 Å². The Hall–Kier alpha value is -0.820. The Balaban J connectivity index is 2.46. The predicted molar refractivity (Wildman–Crippen MR) is 67.4 cm³/mol. The highest BCUT2D eigenvalue weighted by atomic mass is 15.1. The molecule has 0 spiro atoms. The maximum absolute atomic E-state index is 2.37. The summed E-state index contributed by atoms with van der Waals surface area (Å²) in [6, 6.07) is 8.92. The number of rotatable bonds is 5. The van der Waals surface area contributed by atoms with Crippen molar-refractivity contribution < 1.29 is 0 Å². The first-order chi connectivity index (χ1) is 7.13. The third kappa shape index (κ3) is 4.05. The maximum Gasteiger partial charge on any atom is -0.00162 e. The van der Waals surface area contributed by atoms with E-state index in [9.17, 15) is 0 Å². The number of hydrogen-bond donors (Lipinski definition) is 0. The molecule has 0 aromatic heterocycles. The van der Waals surface area contributed by atoms with E-state index in [1.165, 1.54) is 24.1 Å². The van der Waals surface area contributed by atoms with Crippen molar-refractivity contribution in [2.24, 2.45) is 0 Å². The van der Waals surface area contributed by atoms with E-state index in [0.29, 0.717) is 5.92 Å². The van der Waals surface area contributed by atoms with Gasteiger partial charge in [-0.15, -0.1) is 0 Å². The van der Waals surface area contributed by atoms with Gasteiger partial charge < -0.3 is 4.90 Å². The van der Waals surface area contributed by atoms with E-state index < -0.39 is 0 Å². The molecule has 0 aliphatic carbocycles. The van der Waals surface area contributed by atoms with Crippen molar-refractivity contribution in [2.45, 2.75) is 33.1 Å². The molecule has 0 heterocycles. The van der Waals surface area contributed by atoms with Crippen LogP contribution in [0.15, 0.2) is 24.3 Å². The van der Waals surface area contributed by atoms with E-state index in [-0.39, 0.29) is 0 Å². The van der Waals surface area contributed by atoms with Crippen molar-refractivity contribution in [1.82, 2.24) is 4.90 Å². The highest BCUT2D eigenvalue weighted by Gasteiger charge is 2.05. The summed E-state index contributed by atoms with van der Waals surface area (Å²) in [7, 11) is 2.18. The Labute approximate surface area is 94.1 Å². The number of nitrogens with zero attached hydrogens (tertiary/aromatic N) is 1. The second-order valence-electron chi connectivity index (χ2n) is 4.50. The van der Waals surface area contributed by atoms with Gasteiger partial charge in [-0.2, -0.15) is 0 Å². The third-order valence-corrected chi connectivity index (χ3v) is 3.13. The molecule has 1 unspecified atom stereocenters. The fourth-order valence-electron chi connectivity index (χ4n) is 1.63. The topological polar surface area (TPSA) is 3.24 Å². The number of aryl methyl sites for hydroxylation is 1. The highest BCUT2D eigenvalue weighted by molar-refractivity contribution is 5.23. The fraction of sp³-hybridized carbons (Fsp3) is 0.571. The fourth-order valence-corrected chi connectivity index (χ4v) is 1.63. The lowest BCUT2D eigenvalue weighted by Crippen LogP contribution is -2.20. The van der Waals surface area contributed by atoms with E-state index in [1.807, 2.05) is 0 Å². The average Bonchev–Trinajstić information content (AvgIpc) is 2.26. The highest BCUT2D eigenvalue weighted by Crippen LogP contribution is 2.19. The normalized spacial score (nSPS) is 13.1. The molecule has 1 heteroatoms. The smallest absolute Gasteiger partial charge is 0.00162 e. The van der Waals surface area contributed by atoms with Crippen LogP contribution in [0.25, 0.3) is 0 Å². The molecule has 0 amide bonds. The SMILES string of the molecule is CCN(C)CCC(C)c1ccc(C)cc1. The van der Waals surface area contributed by atoms with E-state index in [4.69, 9.17) is 0 Å². The molecule has 1 aromatic carbocycles. The van der Waals surface area contributed by atoms with Crippen LogP contribution in [0.4, 0.5) is 0 Å². The van der Waals surface area contributed by atoms with Crippen LogP contribution in [0.2, 0.25) is 0 Å². The molecule has 15 heavy (non-hydrogen) atoms. The van der Waals surface area contributed by atoms with Gasteiger partial charge in [0, 0.05) is 0 Å². The van der Waals surface area contributed by atoms with Gasteiger partial charge in [-0.1, -0.05) is 43.7 Å². The minimum Gasteiger partial charge on any atom is -0.307 e. The molecule has 1 atom stereocenters. The molecule has 0 bridgehead atoms. The minimum atomic E-state index is 0.666. The summed E-state index contributed by atoms with van der Waals surface area (Å²) in [6.45, 7) is 8.98. The first-order valence-corrected chi connectivity index (χ1v) is 5.88. The van der Waals surface area contributed by atoms with E-state index >= 15 is 0 Å². The second kappa shape index (κ2) is 5.92. The Morgan fingerprint density at radius 2 is 1.80 bits per heavy atom. The Morgan fingerprint density at radius 3 is 2.33 bits per heavy atom. The van der Waals surface area contributed by atoms with E-state index in [0.717, 1.165) is 6.54 Å². The molecule has 1 rings (SSSR count). The van der Waals surface area contributed by atoms with Gasteiger partial charge >= 0.3 is 0 Å². The van der Waals surface area contributed by atoms with Gasteiger partial charge in [0.1, 0.15) is 0 Å². The lowest BCUT2D eigenvalue weighted by molar-refractivity contribution is 0.337. The predicted octanol–water partition coefficient (Wildman–Crippen LogP) is 3.44. The summed E-state index contributed by atoms with van der Waals surface area (Å²) in [4.78, 5) is 2.37. The van der Waals surface area contributed by atoms with Crippen LogP contribution in [0.1, 0.15) is 37.3 Å². The molecule has 84 valence electrons.